The highest BCUT2D eigenvalue weighted by Gasteiger charge is 2.34. The third kappa shape index (κ3) is 3.19. The molecule has 0 spiro atoms. The summed E-state index contributed by atoms with van der Waals surface area (Å²) in [5.74, 6) is -0.604. The second-order valence-corrected chi connectivity index (χ2v) is 8.67. The van der Waals surface area contributed by atoms with Crippen LogP contribution in [0.3, 0.4) is 0 Å². The van der Waals surface area contributed by atoms with Crippen LogP contribution in [0.5, 0.6) is 0 Å². The molecule has 1 atom stereocenters. The molecule has 4 aromatic rings. The minimum Gasteiger partial charge on any atom is -0.368 e. The molecule has 5 rings (SSSR count). The van der Waals surface area contributed by atoms with E-state index in [0.29, 0.717) is 17.8 Å². The van der Waals surface area contributed by atoms with Gasteiger partial charge in [0.1, 0.15) is 6.04 Å². The van der Waals surface area contributed by atoms with Crippen LogP contribution in [0.1, 0.15) is 28.2 Å². The molecular weight excluding hydrogens is 398 g/mol. The molecule has 1 unspecified atom stereocenters. The first-order valence-corrected chi connectivity index (χ1v) is 10.7. The number of carbonyl (C=O) groups excluding carboxylic acids is 2. The van der Waals surface area contributed by atoms with Crippen LogP contribution in [-0.2, 0) is 4.79 Å². The predicted octanol–water partition coefficient (Wildman–Crippen LogP) is 3.92. The number of anilines is 2. The molecule has 1 fully saturated rings. The Hall–Kier alpha value is -3.39. The van der Waals surface area contributed by atoms with Gasteiger partial charge in [-0.3, -0.25) is 14.6 Å². The number of nitrogens with zero attached hydrogens (tertiary/aromatic N) is 2. The van der Waals surface area contributed by atoms with E-state index in [0.717, 1.165) is 44.6 Å². The first-order chi connectivity index (χ1) is 14.5. The second kappa shape index (κ2) is 7.14. The van der Waals surface area contributed by atoms with E-state index in [1.165, 1.54) is 11.3 Å². The number of likely N-dealkylation sites (tertiary alicyclic amines) is 1. The van der Waals surface area contributed by atoms with E-state index in [1.54, 1.807) is 17.2 Å². The Balaban J connectivity index is 1.47. The highest BCUT2D eigenvalue weighted by molar-refractivity contribution is 7.21. The van der Waals surface area contributed by atoms with Gasteiger partial charge in [0.05, 0.1) is 20.8 Å². The van der Waals surface area contributed by atoms with Crippen molar-refractivity contribution in [3.63, 3.8) is 0 Å². The Morgan fingerprint density at radius 1 is 1.27 bits per heavy atom. The van der Waals surface area contributed by atoms with Gasteiger partial charge >= 0.3 is 0 Å². The van der Waals surface area contributed by atoms with E-state index in [-0.39, 0.29) is 5.91 Å². The highest BCUT2D eigenvalue weighted by atomic mass is 32.1. The van der Waals surface area contributed by atoms with Crippen molar-refractivity contribution in [2.45, 2.75) is 25.8 Å². The average molecular weight is 420 g/mol. The lowest BCUT2D eigenvalue weighted by atomic mass is 10.2. The number of pyridine rings is 1. The van der Waals surface area contributed by atoms with Crippen LogP contribution in [0.25, 0.3) is 21.1 Å². The minimum atomic E-state index is -0.523. The van der Waals surface area contributed by atoms with Crippen LogP contribution in [0, 0.1) is 6.92 Å². The molecule has 30 heavy (non-hydrogen) atoms. The number of thiophene rings is 1. The number of H-pyrrole nitrogens is 1. The molecule has 3 aromatic heterocycles. The van der Waals surface area contributed by atoms with Crippen molar-refractivity contribution < 1.29 is 9.59 Å². The van der Waals surface area contributed by atoms with E-state index < -0.39 is 11.9 Å². The number of rotatable bonds is 4. The zero-order valence-corrected chi connectivity index (χ0v) is 17.3. The number of nitrogens with two attached hydrogens (primary N) is 1. The van der Waals surface area contributed by atoms with Crippen LogP contribution < -0.4 is 11.1 Å². The molecule has 0 bridgehead atoms. The molecule has 152 valence electrons. The number of amides is 2. The summed E-state index contributed by atoms with van der Waals surface area (Å²) in [4.78, 5) is 34.6. The number of hydrogen-bond acceptors (Lipinski definition) is 5. The van der Waals surface area contributed by atoms with E-state index in [9.17, 15) is 9.59 Å². The Morgan fingerprint density at radius 3 is 2.97 bits per heavy atom. The largest absolute Gasteiger partial charge is 0.368 e. The first kappa shape index (κ1) is 18.6. The van der Waals surface area contributed by atoms with Crippen LogP contribution in [0.15, 0.2) is 42.6 Å². The number of benzene rings is 1. The molecule has 0 saturated carbocycles. The summed E-state index contributed by atoms with van der Waals surface area (Å²) in [5, 5.41) is 4.59. The maximum Gasteiger partial charge on any atom is 0.264 e. The Bertz CT molecular complexity index is 1290. The van der Waals surface area contributed by atoms with Crippen molar-refractivity contribution in [3.05, 3.63) is 53.2 Å². The zero-order valence-electron chi connectivity index (χ0n) is 16.4. The van der Waals surface area contributed by atoms with Crippen LogP contribution in [0.4, 0.5) is 11.4 Å². The van der Waals surface area contributed by atoms with Gasteiger partial charge in [-0.05, 0) is 56.2 Å². The summed E-state index contributed by atoms with van der Waals surface area (Å²) in [6.45, 7) is 2.59. The summed E-state index contributed by atoms with van der Waals surface area (Å²) in [6.07, 6.45) is 3.14. The number of aromatic nitrogens is 2. The van der Waals surface area contributed by atoms with Crippen molar-refractivity contribution in [3.8, 4) is 0 Å². The quantitative estimate of drug-likeness (QED) is 0.466. The third-order valence-corrected chi connectivity index (χ3v) is 6.64. The number of fused-ring (bicyclic) bond motifs is 2. The fourth-order valence-corrected chi connectivity index (χ4v) is 5.14. The molecule has 1 aliphatic heterocycles. The van der Waals surface area contributed by atoms with Crippen molar-refractivity contribution in [1.29, 1.82) is 0 Å². The summed E-state index contributed by atoms with van der Waals surface area (Å²) in [6, 6.07) is 11.4. The van der Waals surface area contributed by atoms with E-state index in [1.807, 2.05) is 25.1 Å². The lowest BCUT2D eigenvalue weighted by Crippen LogP contribution is -2.43. The van der Waals surface area contributed by atoms with Crippen molar-refractivity contribution in [2.24, 2.45) is 5.73 Å². The summed E-state index contributed by atoms with van der Waals surface area (Å²) in [7, 11) is 0. The molecule has 7 nitrogen and oxygen atoms in total. The Labute approximate surface area is 176 Å². The van der Waals surface area contributed by atoms with Crippen LogP contribution >= 0.6 is 11.3 Å². The molecule has 0 aliphatic carbocycles. The smallest absolute Gasteiger partial charge is 0.264 e. The van der Waals surface area contributed by atoms with Gasteiger partial charge in [-0.15, -0.1) is 11.3 Å². The number of nitrogens with one attached hydrogen (secondary N) is 2. The van der Waals surface area contributed by atoms with Gasteiger partial charge in [-0.1, -0.05) is 0 Å². The monoisotopic (exact) mass is 419 g/mol. The van der Waals surface area contributed by atoms with E-state index in [4.69, 9.17) is 5.73 Å². The predicted molar refractivity (Wildman–Crippen MR) is 119 cm³/mol. The number of hydrogen-bond donors (Lipinski definition) is 3. The maximum atomic E-state index is 13.0. The molecule has 1 aliphatic rings. The summed E-state index contributed by atoms with van der Waals surface area (Å²) in [5.41, 5.74) is 10.3. The van der Waals surface area contributed by atoms with E-state index in [2.05, 4.69) is 27.4 Å². The summed E-state index contributed by atoms with van der Waals surface area (Å²) < 4.78 is 0.904. The molecular formula is C22H21N5O2S. The normalized spacial score (nSPS) is 16.4. The Kier molecular flexibility index (Phi) is 4.43. The fourth-order valence-electron chi connectivity index (χ4n) is 4.10. The minimum absolute atomic E-state index is 0.158. The third-order valence-electron chi connectivity index (χ3n) is 5.50. The van der Waals surface area contributed by atoms with Crippen molar-refractivity contribution >= 4 is 55.6 Å². The molecule has 1 saturated heterocycles. The molecule has 1 aromatic carbocycles. The SMILES string of the molecule is Cc1cc2cc(Nc3ccnc4cc(C(=O)N5CCCC5C(N)=O)sc34)ccc2[nH]1. The maximum absolute atomic E-state index is 13.0. The summed E-state index contributed by atoms with van der Waals surface area (Å²) >= 11 is 1.39. The molecule has 2 amide bonds. The lowest BCUT2D eigenvalue weighted by molar-refractivity contribution is -0.121. The number of carbonyl (C=O) groups is 2. The van der Waals surface area contributed by atoms with Crippen molar-refractivity contribution in [2.75, 3.05) is 11.9 Å². The zero-order chi connectivity index (χ0) is 20.8. The molecule has 4 N–H and O–H groups in total. The molecule has 0 radical (unpaired) electrons. The standard InChI is InChI=1S/C22H21N5O2S/c1-12-9-13-10-14(4-5-15(13)25-12)26-16-6-7-24-17-11-19(30-20(16)17)22(29)27-8-2-3-18(27)21(23)28/h4-7,9-11,18,25H,2-3,8H2,1H3,(H2,23,28)(H,24,26). The average Bonchev–Trinajstić information content (AvgIpc) is 3.44. The fraction of sp³-hybridized carbons (Fsp3) is 0.227. The second-order valence-electron chi connectivity index (χ2n) is 7.62. The van der Waals surface area contributed by atoms with Gasteiger partial charge in [-0.25, -0.2) is 0 Å². The Morgan fingerprint density at radius 2 is 2.13 bits per heavy atom. The van der Waals surface area contributed by atoms with Crippen LogP contribution in [-0.4, -0.2) is 39.3 Å². The number of aryl methyl sites for hydroxylation is 1. The lowest BCUT2D eigenvalue weighted by Gasteiger charge is -2.21. The number of aromatic amines is 1. The van der Waals surface area contributed by atoms with Gasteiger partial charge in [0, 0.05) is 35.0 Å². The topological polar surface area (TPSA) is 104 Å². The van der Waals surface area contributed by atoms with Gasteiger partial charge in [0.15, 0.2) is 0 Å². The molecule has 4 heterocycles. The van der Waals surface area contributed by atoms with Gasteiger partial charge in [0.2, 0.25) is 5.91 Å². The highest BCUT2D eigenvalue weighted by Crippen LogP contribution is 2.34. The molecule has 8 heteroatoms. The van der Waals surface area contributed by atoms with E-state index >= 15 is 0 Å². The number of primary amides is 1. The first-order valence-electron chi connectivity index (χ1n) is 9.85. The van der Waals surface area contributed by atoms with Gasteiger partial charge in [-0.2, -0.15) is 0 Å². The van der Waals surface area contributed by atoms with Crippen molar-refractivity contribution in [1.82, 2.24) is 14.9 Å². The van der Waals surface area contributed by atoms with Gasteiger partial charge < -0.3 is 20.9 Å². The van der Waals surface area contributed by atoms with Crippen LogP contribution in [0.2, 0.25) is 0 Å². The van der Waals surface area contributed by atoms with Gasteiger partial charge in [0.25, 0.3) is 5.91 Å².